The number of nitrogens with two attached hydrogens (primary N) is 1. The number of thiophene rings is 1. The fourth-order valence-electron chi connectivity index (χ4n) is 2.24. The summed E-state index contributed by atoms with van der Waals surface area (Å²) in [7, 11) is 1.32. The van der Waals surface area contributed by atoms with E-state index in [1.54, 1.807) is 0 Å². The Bertz CT molecular complexity index is 576. The SMILES string of the molecule is COC(=O)c1c(NC2CCC2)sc(C(=O)NC2CC2)c1N. The zero-order valence-corrected chi connectivity index (χ0v) is 12.7. The minimum Gasteiger partial charge on any atom is -0.465 e. The molecule has 3 rings (SSSR count). The van der Waals surface area contributed by atoms with Crippen molar-refractivity contribution < 1.29 is 14.3 Å². The second kappa shape index (κ2) is 5.55. The molecule has 1 aromatic rings. The fourth-order valence-corrected chi connectivity index (χ4v) is 3.32. The monoisotopic (exact) mass is 309 g/mol. The molecule has 0 bridgehead atoms. The van der Waals surface area contributed by atoms with E-state index in [1.807, 2.05) is 0 Å². The largest absolute Gasteiger partial charge is 0.465 e. The third kappa shape index (κ3) is 2.83. The first-order valence-electron chi connectivity index (χ1n) is 7.18. The van der Waals surface area contributed by atoms with Crippen LogP contribution in [0.1, 0.15) is 52.1 Å². The maximum atomic E-state index is 12.2. The average Bonchev–Trinajstić information content (AvgIpc) is 3.16. The van der Waals surface area contributed by atoms with Crippen LogP contribution in [0, 0.1) is 0 Å². The minimum atomic E-state index is -0.504. The molecule has 0 radical (unpaired) electrons. The van der Waals surface area contributed by atoms with Crippen LogP contribution in [0.5, 0.6) is 0 Å². The van der Waals surface area contributed by atoms with Crippen molar-refractivity contribution >= 4 is 33.9 Å². The molecule has 1 amide bonds. The number of methoxy groups -OCH3 is 1. The van der Waals surface area contributed by atoms with Gasteiger partial charge in [-0.3, -0.25) is 4.79 Å². The molecule has 6 nitrogen and oxygen atoms in total. The fraction of sp³-hybridized carbons (Fsp3) is 0.571. The van der Waals surface area contributed by atoms with Crippen LogP contribution in [-0.4, -0.2) is 31.1 Å². The number of hydrogen-bond acceptors (Lipinski definition) is 6. The van der Waals surface area contributed by atoms with Gasteiger partial charge in [-0.2, -0.15) is 0 Å². The molecule has 4 N–H and O–H groups in total. The second-order valence-electron chi connectivity index (χ2n) is 5.56. The predicted molar refractivity (Wildman–Crippen MR) is 81.8 cm³/mol. The summed E-state index contributed by atoms with van der Waals surface area (Å²) in [6.07, 6.45) is 5.34. The molecule has 7 heteroatoms. The smallest absolute Gasteiger partial charge is 0.343 e. The molecule has 1 aromatic heterocycles. The van der Waals surface area contributed by atoms with Gasteiger partial charge in [-0.05, 0) is 32.1 Å². The molecule has 114 valence electrons. The molecule has 1 heterocycles. The summed E-state index contributed by atoms with van der Waals surface area (Å²) in [5.74, 6) is -0.706. The molecule has 2 saturated carbocycles. The first-order chi connectivity index (χ1) is 10.1. The Morgan fingerprint density at radius 1 is 1.24 bits per heavy atom. The molecule has 0 aromatic carbocycles. The number of nitrogens with one attached hydrogen (secondary N) is 2. The summed E-state index contributed by atoms with van der Waals surface area (Å²) in [6, 6.07) is 0.606. The van der Waals surface area contributed by atoms with Gasteiger partial charge in [-0.15, -0.1) is 11.3 Å². The maximum absolute atomic E-state index is 12.2. The number of nitrogen functional groups attached to an aromatic ring is 1. The van der Waals surface area contributed by atoms with Gasteiger partial charge in [0.15, 0.2) is 0 Å². The van der Waals surface area contributed by atoms with Crippen LogP contribution in [-0.2, 0) is 4.74 Å². The summed E-state index contributed by atoms with van der Waals surface area (Å²) < 4.78 is 4.79. The number of carbonyl (C=O) groups excluding carboxylic acids is 2. The van der Waals surface area contributed by atoms with E-state index < -0.39 is 5.97 Å². The van der Waals surface area contributed by atoms with E-state index in [9.17, 15) is 9.59 Å². The Hall–Kier alpha value is -1.76. The van der Waals surface area contributed by atoms with Crippen LogP contribution in [0.15, 0.2) is 0 Å². The zero-order valence-electron chi connectivity index (χ0n) is 11.9. The molecule has 2 aliphatic carbocycles. The molecule has 0 atom stereocenters. The zero-order chi connectivity index (χ0) is 15.0. The summed E-state index contributed by atoms with van der Waals surface area (Å²) in [5, 5.41) is 6.85. The molecule has 0 aliphatic heterocycles. The highest BCUT2D eigenvalue weighted by Crippen LogP contribution is 2.38. The van der Waals surface area contributed by atoms with Gasteiger partial charge in [-0.25, -0.2) is 4.79 Å². The van der Waals surface area contributed by atoms with Gasteiger partial charge in [0.2, 0.25) is 0 Å². The van der Waals surface area contributed by atoms with E-state index in [1.165, 1.54) is 24.9 Å². The normalized spacial score (nSPS) is 18.0. The van der Waals surface area contributed by atoms with Crippen molar-refractivity contribution in [1.29, 1.82) is 0 Å². The summed E-state index contributed by atoms with van der Waals surface area (Å²) in [4.78, 5) is 24.5. The summed E-state index contributed by atoms with van der Waals surface area (Å²) in [5.41, 5.74) is 6.52. The molecule has 2 aliphatic rings. The van der Waals surface area contributed by atoms with Gasteiger partial charge >= 0.3 is 5.97 Å². The van der Waals surface area contributed by atoms with E-state index in [4.69, 9.17) is 10.5 Å². The number of ether oxygens (including phenoxy) is 1. The van der Waals surface area contributed by atoms with E-state index in [0.717, 1.165) is 25.7 Å². The van der Waals surface area contributed by atoms with Gasteiger partial charge in [0, 0.05) is 12.1 Å². The van der Waals surface area contributed by atoms with Gasteiger partial charge in [0.25, 0.3) is 5.91 Å². The van der Waals surface area contributed by atoms with Gasteiger partial charge in [0.05, 0.1) is 12.8 Å². The average molecular weight is 309 g/mol. The minimum absolute atomic E-state index is 0.202. The maximum Gasteiger partial charge on any atom is 0.343 e. The third-order valence-corrected chi connectivity index (χ3v) is 5.03. The lowest BCUT2D eigenvalue weighted by Crippen LogP contribution is -2.27. The molecule has 0 unspecified atom stereocenters. The first kappa shape index (κ1) is 14.2. The van der Waals surface area contributed by atoms with Crippen LogP contribution in [0.3, 0.4) is 0 Å². The number of esters is 1. The van der Waals surface area contributed by atoms with Crippen molar-refractivity contribution in [2.45, 2.75) is 44.2 Å². The Morgan fingerprint density at radius 3 is 2.48 bits per heavy atom. The van der Waals surface area contributed by atoms with Gasteiger partial charge in [0.1, 0.15) is 15.4 Å². The van der Waals surface area contributed by atoms with E-state index >= 15 is 0 Å². The summed E-state index contributed by atoms with van der Waals surface area (Å²) in [6.45, 7) is 0. The van der Waals surface area contributed by atoms with Crippen LogP contribution in [0.4, 0.5) is 10.7 Å². The molecule has 2 fully saturated rings. The van der Waals surface area contributed by atoms with Crippen LogP contribution < -0.4 is 16.4 Å². The lowest BCUT2D eigenvalue weighted by Gasteiger charge is -2.27. The van der Waals surface area contributed by atoms with E-state index in [2.05, 4.69) is 10.6 Å². The van der Waals surface area contributed by atoms with Crippen molar-refractivity contribution in [1.82, 2.24) is 5.32 Å². The van der Waals surface area contributed by atoms with Crippen molar-refractivity contribution in [2.24, 2.45) is 0 Å². The molecular weight excluding hydrogens is 290 g/mol. The van der Waals surface area contributed by atoms with Crippen molar-refractivity contribution in [2.75, 3.05) is 18.2 Å². The summed E-state index contributed by atoms with van der Waals surface area (Å²) >= 11 is 1.24. The Labute approximate surface area is 127 Å². The number of hydrogen-bond donors (Lipinski definition) is 3. The van der Waals surface area contributed by atoms with Crippen molar-refractivity contribution in [3.05, 3.63) is 10.4 Å². The number of anilines is 2. The lowest BCUT2D eigenvalue weighted by atomic mass is 9.93. The quantitative estimate of drug-likeness (QED) is 0.723. The standard InChI is InChI=1S/C14H19N3O3S/c1-20-14(19)9-10(15)11(12(18)16-8-5-6-8)21-13(9)17-7-3-2-4-7/h7-8,17H,2-6,15H2,1H3,(H,16,18). The Kier molecular flexibility index (Phi) is 3.75. The first-order valence-corrected chi connectivity index (χ1v) is 7.99. The predicted octanol–water partition coefficient (Wildman–Crippen LogP) is 1.97. The molecule has 0 spiro atoms. The molecular formula is C14H19N3O3S. The highest BCUT2D eigenvalue weighted by Gasteiger charge is 2.31. The van der Waals surface area contributed by atoms with Crippen LogP contribution in [0.2, 0.25) is 0 Å². The lowest BCUT2D eigenvalue weighted by molar-refractivity contribution is 0.0603. The van der Waals surface area contributed by atoms with E-state index in [0.29, 0.717) is 15.9 Å². The van der Waals surface area contributed by atoms with Gasteiger partial charge in [-0.1, -0.05) is 0 Å². The number of carbonyl (C=O) groups is 2. The van der Waals surface area contributed by atoms with Crippen molar-refractivity contribution in [3.8, 4) is 0 Å². The molecule has 0 saturated heterocycles. The molecule has 21 heavy (non-hydrogen) atoms. The third-order valence-electron chi connectivity index (χ3n) is 3.89. The Balaban J connectivity index is 1.88. The number of amides is 1. The second-order valence-corrected chi connectivity index (χ2v) is 6.58. The topological polar surface area (TPSA) is 93.4 Å². The van der Waals surface area contributed by atoms with Crippen LogP contribution in [0.25, 0.3) is 0 Å². The Morgan fingerprint density at radius 2 is 1.95 bits per heavy atom. The number of rotatable bonds is 5. The van der Waals surface area contributed by atoms with Gasteiger partial charge < -0.3 is 21.1 Å². The highest BCUT2D eigenvalue weighted by atomic mass is 32.1. The van der Waals surface area contributed by atoms with E-state index in [-0.39, 0.29) is 23.2 Å². The van der Waals surface area contributed by atoms with Crippen LogP contribution >= 0.6 is 11.3 Å². The highest BCUT2D eigenvalue weighted by molar-refractivity contribution is 7.19. The van der Waals surface area contributed by atoms with Crippen molar-refractivity contribution in [3.63, 3.8) is 0 Å².